The SMILES string of the molecule is O=C(c1ccn[nH]1)N1CCOC(C(=O)N2CCCCCC2)C1. The summed E-state index contributed by atoms with van der Waals surface area (Å²) >= 11 is 0. The quantitative estimate of drug-likeness (QED) is 0.870. The summed E-state index contributed by atoms with van der Waals surface area (Å²) in [6.07, 6.45) is 5.47. The average Bonchev–Trinajstić information content (AvgIpc) is 2.96. The molecular weight excluding hydrogens is 284 g/mol. The number of H-pyrrole nitrogens is 1. The third kappa shape index (κ3) is 3.30. The van der Waals surface area contributed by atoms with Gasteiger partial charge in [0.25, 0.3) is 11.8 Å². The number of carbonyl (C=O) groups is 2. The van der Waals surface area contributed by atoms with Gasteiger partial charge in [-0.1, -0.05) is 12.8 Å². The van der Waals surface area contributed by atoms with Gasteiger partial charge in [-0.05, 0) is 18.9 Å². The Balaban J connectivity index is 1.62. The lowest BCUT2D eigenvalue weighted by molar-refractivity contribution is -0.148. The first kappa shape index (κ1) is 15.0. The molecule has 120 valence electrons. The number of hydrogen-bond donors (Lipinski definition) is 1. The molecule has 7 heteroatoms. The molecule has 2 aliphatic rings. The first-order chi connectivity index (χ1) is 10.8. The summed E-state index contributed by atoms with van der Waals surface area (Å²) in [7, 11) is 0. The van der Waals surface area contributed by atoms with E-state index in [1.54, 1.807) is 17.2 Å². The lowest BCUT2D eigenvalue weighted by atomic mass is 10.2. The minimum Gasteiger partial charge on any atom is -0.365 e. The first-order valence-electron chi connectivity index (χ1n) is 7.95. The molecule has 2 saturated heterocycles. The largest absolute Gasteiger partial charge is 0.365 e. The maximum Gasteiger partial charge on any atom is 0.272 e. The van der Waals surface area contributed by atoms with Crippen LogP contribution in [0.1, 0.15) is 36.2 Å². The van der Waals surface area contributed by atoms with Crippen LogP contribution in [0.15, 0.2) is 12.3 Å². The van der Waals surface area contributed by atoms with Crippen LogP contribution < -0.4 is 0 Å². The maximum absolute atomic E-state index is 12.6. The summed E-state index contributed by atoms with van der Waals surface area (Å²) in [6, 6.07) is 1.64. The van der Waals surface area contributed by atoms with Crippen LogP contribution in [0, 0.1) is 0 Å². The molecule has 0 bridgehead atoms. The molecule has 0 radical (unpaired) electrons. The van der Waals surface area contributed by atoms with E-state index in [0.29, 0.717) is 25.4 Å². The van der Waals surface area contributed by atoms with Gasteiger partial charge >= 0.3 is 0 Å². The molecule has 3 rings (SSSR count). The van der Waals surface area contributed by atoms with E-state index in [1.807, 2.05) is 4.90 Å². The fourth-order valence-corrected chi connectivity index (χ4v) is 3.02. The standard InChI is InChI=1S/C15H22N4O3/c20-14(12-5-6-16-17-12)19-9-10-22-13(11-19)15(21)18-7-3-1-2-4-8-18/h5-6,13H,1-4,7-11H2,(H,16,17). The second-order valence-electron chi connectivity index (χ2n) is 5.82. The monoisotopic (exact) mass is 306 g/mol. The molecule has 3 heterocycles. The molecule has 1 aromatic heterocycles. The van der Waals surface area contributed by atoms with E-state index in [4.69, 9.17) is 4.74 Å². The zero-order valence-corrected chi connectivity index (χ0v) is 12.7. The molecular formula is C15H22N4O3. The summed E-state index contributed by atoms with van der Waals surface area (Å²) in [5.41, 5.74) is 0.447. The highest BCUT2D eigenvalue weighted by molar-refractivity contribution is 5.93. The first-order valence-corrected chi connectivity index (χ1v) is 7.95. The van der Waals surface area contributed by atoms with Crippen LogP contribution in [0.4, 0.5) is 0 Å². The van der Waals surface area contributed by atoms with Crippen LogP contribution in [0.2, 0.25) is 0 Å². The Bertz CT molecular complexity index is 509. The van der Waals surface area contributed by atoms with Gasteiger partial charge in [0.1, 0.15) is 5.69 Å². The van der Waals surface area contributed by atoms with Crippen LogP contribution in [-0.2, 0) is 9.53 Å². The Morgan fingerprint density at radius 3 is 2.59 bits per heavy atom. The summed E-state index contributed by atoms with van der Waals surface area (Å²) in [5.74, 6) is -0.113. The van der Waals surface area contributed by atoms with Crippen LogP contribution in [0.5, 0.6) is 0 Å². The Morgan fingerprint density at radius 1 is 1.14 bits per heavy atom. The number of amides is 2. The highest BCUT2D eigenvalue weighted by Crippen LogP contribution is 2.15. The molecule has 0 aromatic carbocycles. The minimum atomic E-state index is -0.543. The van der Waals surface area contributed by atoms with Crippen LogP contribution in [0.25, 0.3) is 0 Å². The smallest absolute Gasteiger partial charge is 0.272 e. The summed E-state index contributed by atoms with van der Waals surface area (Å²) in [6.45, 7) is 2.80. The van der Waals surface area contributed by atoms with E-state index in [0.717, 1.165) is 25.9 Å². The van der Waals surface area contributed by atoms with Crippen molar-refractivity contribution in [2.24, 2.45) is 0 Å². The van der Waals surface area contributed by atoms with Gasteiger partial charge in [-0.15, -0.1) is 0 Å². The predicted molar refractivity (Wildman–Crippen MR) is 79.3 cm³/mol. The number of ether oxygens (including phenoxy) is 1. The van der Waals surface area contributed by atoms with Gasteiger partial charge in [0.2, 0.25) is 0 Å². The van der Waals surface area contributed by atoms with Crippen LogP contribution >= 0.6 is 0 Å². The van der Waals surface area contributed by atoms with Crippen LogP contribution in [0.3, 0.4) is 0 Å². The molecule has 0 aliphatic carbocycles. The maximum atomic E-state index is 12.6. The highest BCUT2D eigenvalue weighted by atomic mass is 16.5. The fourth-order valence-electron chi connectivity index (χ4n) is 3.02. The van der Waals surface area contributed by atoms with Gasteiger partial charge < -0.3 is 14.5 Å². The van der Waals surface area contributed by atoms with E-state index in [2.05, 4.69) is 10.2 Å². The second-order valence-corrected chi connectivity index (χ2v) is 5.82. The van der Waals surface area contributed by atoms with E-state index in [9.17, 15) is 9.59 Å². The van der Waals surface area contributed by atoms with Crippen molar-refractivity contribution in [3.63, 3.8) is 0 Å². The zero-order valence-electron chi connectivity index (χ0n) is 12.7. The second kappa shape index (κ2) is 6.91. The molecule has 1 aromatic rings. The summed E-state index contributed by atoms with van der Waals surface area (Å²) in [5, 5.41) is 6.47. The van der Waals surface area contributed by atoms with E-state index >= 15 is 0 Å². The van der Waals surface area contributed by atoms with Gasteiger partial charge in [0.05, 0.1) is 13.2 Å². The molecule has 7 nitrogen and oxygen atoms in total. The van der Waals surface area contributed by atoms with Gasteiger partial charge in [-0.2, -0.15) is 5.10 Å². The van der Waals surface area contributed by atoms with Crippen molar-refractivity contribution in [3.8, 4) is 0 Å². The third-order valence-electron chi connectivity index (χ3n) is 4.28. The van der Waals surface area contributed by atoms with Crippen molar-refractivity contribution in [2.75, 3.05) is 32.8 Å². The minimum absolute atomic E-state index is 0.0176. The fraction of sp³-hybridized carbons (Fsp3) is 0.667. The number of nitrogens with zero attached hydrogens (tertiary/aromatic N) is 3. The molecule has 1 N–H and O–H groups in total. The molecule has 0 saturated carbocycles. The van der Waals surface area contributed by atoms with Crippen LogP contribution in [-0.4, -0.2) is 70.7 Å². The average molecular weight is 306 g/mol. The van der Waals surface area contributed by atoms with Crippen molar-refractivity contribution in [2.45, 2.75) is 31.8 Å². The van der Waals surface area contributed by atoms with Crippen molar-refractivity contribution >= 4 is 11.8 Å². The van der Waals surface area contributed by atoms with E-state index in [1.165, 1.54) is 12.8 Å². The zero-order chi connectivity index (χ0) is 15.4. The number of morpholine rings is 1. The van der Waals surface area contributed by atoms with E-state index in [-0.39, 0.29) is 11.8 Å². The summed E-state index contributed by atoms with van der Waals surface area (Å²) in [4.78, 5) is 28.5. The lowest BCUT2D eigenvalue weighted by Crippen LogP contribution is -2.52. The van der Waals surface area contributed by atoms with Crippen molar-refractivity contribution < 1.29 is 14.3 Å². The third-order valence-corrected chi connectivity index (χ3v) is 4.28. The molecule has 0 spiro atoms. The van der Waals surface area contributed by atoms with Gasteiger partial charge in [0, 0.05) is 25.8 Å². The Labute approximate surface area is 129 Å². The predicted octanol–water partition coefficient (Wildman–Crippen LogP) is 0.653. The van der Waals surface area contributed by atoms with Gasteiger partial charge in [-0.3, -0.25) is 14.7 Å². The number of likely N-dealkylation sites (tertiary alicyclic amines) is 1. The normalized spacial score (nSPS) is 23.2. The molecule has 22 heavy (non-hydrogen) atoms. The lowest BCUT2D eigenvalue weighted by Gasteiger charge is -2.34. The number of nitrogens with one attached hydrogen (secondary N) is 1. The van der Waals surface area contributed by atoms with Gasteiger partial charge in [0.15, 0.2) is 6.10 Å². The van der Waals surface area contributed by atoms with Crippen molar-refractivity contribution in [3.05, 3.63) is 18.0 Å². The Hall–Kier alpha value is -1.89. The number of aromatic nitrogens is 2. The van der Waals surface area contributed by atoms with Crippen molar-refractivity contribution in [1.29, 1.82) is 0 Å². The number of carbonyl (C=O) groups excluding carboxylic acids is 2. The molecule has 1 unspecified atom stereocenters. The number of hydrogen-bond acceptors (Lipinski definition) is 4. The molecule has 1 atom stereocenters. The number of rotatable bonds is 2. The van der Waals surface area contributed by atoms with Gasteiger partial charge in [-0.25, -0.2) is 0 Å². The number of aromatic amines is 1. The highest BCUT2D eigenvalue weighted by Gasteiger charge is 2.32. The molecule has 2 fully saturated rings. The Kier molecular flexibility index (Phi) is 4.72. The van der Waals surface area contributed by atoms with Crippen molar-refractivity contribution in [1.82, 2.24) is 20.0 Å². The molecule has 2 aliphatic heterocycles. The van der Waals surface area contributed by atoms with E-state index < -0.39 is 6.10 Å². The summed E-state index contributed by atoms with van der Waals surface area (Å²) < 4.78 is 5.62. The Morgan fingerprint density at radius 2 is 1.91 bits per heavy atom. The molecule has 2 amide bonds. The topological polar surface area (TPSA) is 78.5 Å².